The van der Waals surface area contributed by atoms with Gasteiger partial charge in [0.1, 0.15) is 11.9 Å². The number of benzene rings is 3. The number of carbonyl (C=O) groups excluding carboxylic acids is 4. The molecule has 15 heteroatoms. The van der Waals surface area contributed by atoms with Gasteiger partial charge in [0.25, 0.3) is 11.8 Å². The van der Waals surface area contributed by atoms with Crippen molar-refractivity contribution in [3.63, 3.8) is 0 Å². The first kappa shape index (κ1) is 33.8. The molecule has 0 spiro atoms. The van der Waals surface area contributed by atoms with Crippen LogP contribution in [0, 0.1) is 0 Å². The van der Waals surface area contributed by atoms with E-state index in [1.165, 1.54) is 4.90 Å². The van der Waals surface area contributed by atoms with Gasteiger partial charge in [0, 0.05) is 72.1 Å². The molecule has 3 aliphatic rings. The van der Waals surface area contributed by atoms with Crippen LogP contribution in [0.5, 0.6) is 0 Å². The topological polar surface area (TPSA) is 180 Å². The summed E-state index contributed by atoms with van der Waals surface area (Å²) in [6, 6.07) is 21.6. The highest BCUT2D eigenvalue weighted by Gasteiger charge is 2.40. The SMILES string of the molecule is O=C1CCC(N2Cc3c(Nc4ccnc(Nc5cccc(C(=O)N6CCC(n7cc(-c8cnc9ccccc9n8)cn7)CC6)c5)n4)cccc3C2=O)C(=O)N1. The molecule has 3 aromatic heterocycles. The number of nitrogens with zero attached hydrogens (tertiary/aromatic N) is 8. The van der Waals surface area contributed by atoms with Crippen molar-refractivity contribution < 1.29 is 19.2 Å². The Bertz CT molecular complexity index is 2490. The number of piperidine rings is 2. The lowest BCUT2D eigenvalue weighted by Crippen LogP contribution is -2.52. The molecule has 55 heavy (non-hydrogen) atoms. The second kappa shape index (κ2) is 14.1. The number of imide groups is 1. The number of anilines is 4. The van der Waals surface area contributed by atoms with Crippen molar-refractivity contribution >= 4 is 57.8 Å². The van der Waals surface area contributed by atoms with Crippen LogP contribution in [0.1, 0.15) is 58.0 Å². The third-order valence-electron chi connectivity index (χ3n) is 10.3. The van der Waals surface area contributed by atoms with Crippen molar-refractivity contribution in [1.82, 2.24) is 44.8 Å². The Morgan fingerprint density at radius 2 is 1.67 bits per heavy atom. The Hall–Kier alpha value is -7.03. The van der Waals surface area contributed by atoms with Crippen LogP contribution < -0.4 is 16.0 Å². The number of hydrogen-bond donors (Lipinski definition) is 3. The third kappa shape index (κ3) is 6.71. The standard InChI is InChI=1S/C40H35N11O4/c52-36-12-11-34(37(53)48-36)50-23-29-28(39(50)55)7-4-10-30(29)46-35-13-16-41-40(47-35)44-26-6-3-5-24(19-26)38(54)49-17-14-27(15-18-49)51-22-25(20-43-51)33-21-42-31-8-1-2-9-32(31)45-33/h1-10,13,16,19-22,27,34H,11-12,14-15,17-18,23H2,(H,48,52,53)(H2,41,44,46,47). The maximum absolute atomic E-state index is 13.6. The third-order valence-corrected chi connectivity index (χ3v) is 10.3. The summed E-state index contributed by atoms with van der Waals surface area (Å²) in [4.78, 5) is 72.8. The Kier molecular flexibility index (Phi) is 8.65. The molecule has 3 N–H and O–H groups in total. The van der Waals surface area contributed by atoms with Crippen molar-refractivity contribution in [3.8, 4) is 11.3 Å². The number of rotatable bonds is 8. The van der Waals surface area contributed by atoms with E-state index in [1.807, 2.05) is 64.4 Å². The molecule has 6 aromatic rings. The molecule has 0 aliphatic carbocycles. The molecule has 3 aliphatic heterocycles. The van der Waals surface area contributed by atoms with E-state index in [4.69, 9.17) is 4.98 Å². The minimum Gasteiger partial charge on any atom is -0.340 e. The van der Waals surface area contributed by atoms with Crippen molar-refractivity contribution in [3.05, 3.63) is 114 Å². The molecule has 9 rings (SSSR count). The summed E-state index contributed by atoms with van der Waals surface area (Å²) in [6.07, 6.45) is 9.23. The Morgan fingerprint density at radius 3 is 2.53 bits per heavy atom. The lowest BCUT2D eigenvalue weighted by atomic mass is 10.0. The van der Waals surface area contributed by atoms with E-state index in [-0.39, 0.29) is 43.1 Å². The van der Waals surface area contributed by atoms with Gasteiger partial charge in [-0.2, -0.15) is 10.1 Å². The van der Waals surface area contributed by atoms with Crippen LogP contribution in [0.2, 0.25) is 0 Å². The monoisotopic (exact) mass is 733 g/mol. The van der Waals surface area contributed by atoms with Crippen LogP contribution in [-0.2, 0) is 16.1 Å². The summed E-state index contributed by atoms with van der Waals surface area (Å²) >= 11 is 0. The van der Waals surface area contributed by atoms with Gasteiger partial charge in [-0.1, -0.05) is 24.3 Å². The summed E-state index contributed by atoms with van der Waals surface area (Å²) in [6.45, 7) is 1.43. The van der Waals surface area contributed by atoms with E-state index in [0.717, 1.165) is 40.7 Å². The minimum absolute atomic E-state index is 0.0511. The number of aromatic nitrogens is 6. The smallest absolute Gasteiger partial charge is 0.255 e. The molecule has 4 amide bonds. The van der Waals surface area contributed by atoms with E-state index in [1.54, 1.807) is 42.7 Å². The molecule has 274 valence electrons. The lowest BCUT2D eigenvalue weighted by molar-refractivity contribution is -0.136. The summed E-state index contributed by atoms with van der Waals surface area (Å²) < 4.78 is 1.97. The van der Waals surface area contributed by atoms with E-state index >= 15 is 0 Å². The average molecular weight is 734 g/mol. The number of para-hydroxylation sites is 2. The fourth-order valence-electron chi connectivity index (χ4n) is 7.47. The maximum atomic E-state index is 13.6. The zero-order chi connectivity index (χ0) is 37.5. The molecule has 6 heterocycles. The van der Waals surface area contributed by atoms with Crippen LogP contribution >= 0.6 is 0 Å². The highest BCUT2D eigenvalue weighted by Crippen LogP contribution is 2.34. The van der Waals surface area contributed by atoms with E-state index in [0.29, 0.717) is 47.4 Å². The average Bonchev–Trinajstić information content (AvgIpc) is 3.84. The minimum atomic E-state index is -0.705. The summed E-state index contributed by atoms with van der Waals surface area (Å²) in [5.74, 6) is -0.283. The highest BCUT2D eigenvalue weighted by molar-refractivity contribution is 6.06. The molecule has 0 radical (unpaired) electrons. The Morgan fingerprint density at radius 1 is 0.836 bits per heavy atom. The first-order valence-corrected chi connectivity index (χ1v) is 18.2. The predicted molar refractivity (Wildman–Crippen MR) is 202 cm³/mol. The Labute approximate surface area is 314 Å². The van der Waals surface area contributed by atoms with E-state index in [2.05, 4.69) is 36.0 Å². The van der Waals surface area contributed by atoms with Crippen molar-refractivity contribution in [2.45, 2.75) is 44.3 Å². The van der Waals surface area contributed by atoms with Gasteiger partial charge in [-0.15, -0.1) is 0 Å². The second-order valence-electron chi connectivity index (χ2n) is 13.8. The molecule has 1 unspecified atom stereocenters. The molecule has 1 atom stereocenters. The summed E-state index contributed by atoms with van der Waals surface area (Å²) in [5, 5.41) is 13.5. The second-order valence-corrected chi connectivity index (χ2v) is 13.8. The van der Waals surface area contributed by atoms with Crippen LogP contribution in [0.4, 0.5) is 23.1 Å². The predicted octanol–water partition coefficient (Wildman–Crippen LogP) is 5.01. The van der Waals surface area contributed by atoms with Crippen molar-refractivity contribution in [1.29, 1.82) is 0 Å². The van der Waals surface area contributed by atoms with Crippen molar-refractivity contribution in [2.24, 2.45) is 0 Å². The van der Waals surface area contributed by atoms with Gasteiger partial charge < -0.3 is 20.4 Å². The van der Waals surface area contributed by atoms with E-state index in [9.17, 15) is 19.2 Å². The molecular formula is C40H35N11O4. The molecule has 0 bridgehead atoms. The lowest BCUT2D eigenvalue weighted by Gasteiger charge is -2.32. The zero-order valence-corrected chi connectivity index (χ0v) is 29.6. The summed E-state index contributed by atoms with van der Waals surface area (Å²) in [5.41, 5.74) is 6.49. The van der Waals surface area contributed by atoms with Gasteiger partial charge in [-0.05, 0) is 67.8 Å². The quantitative estimate of drug-likeness (QED) is 0.179. The molecule has 15 nitrogen and oxygen atoms in total. The molecule has 3 aromatic carbocycles. The van der Waals surface area contributed by atoms with Gasteiger partial charge >= 0.3 is 0 Å². The zero-order valence-electron chi connectivity index (χ0n) is 29.6. The first-order valence-electron chi connectivity index (χ1n) is 18.2. The van der Waals surface area contributed by atoms with Crippen molar-refractivity contribution in [2.75, 3.05) is 23.7 Å². The fraction of sp³-hybridized carbons (Fsp3) is 0.225. The number of nitrogens with one attached hydrogen (secondary N) is 3. The van der Waals surface area contributed by atoms with Crippen LogP contribution in [0.3, 0.4) is 0 Å². The molecular weight excluding hydrogens is 699 g/mol. The van der Waals surface area contributed by atoms with Crippen LogP contribution in [0.15, 0.2) is 97.6 Å². The van der Waals surface area contributed by atoms with Gasteiger partial charge in [-0.3, -0.25) is 34.2 Å². The molecule has 2 saturated heterocycles. The van der Waals surface area contributed by atoms with Crippen LogP contribution in [0.25, 0.3) is 22.3 Å². The maximum Gasteiger partial charge on any atom is 0.255 e. The molecule has 2 fully saturated rings. The Balaban J connectivity index is 0.827. The number of fused-ring (bicyclic) bond motifs is 2. The normalized spacial score (nSPS) is 17.3. The van der Waals surface area contributed by atoms with Gasteiger partial charge in [-0.25, -0.2) is 9.97 Å². The fourth-order valence-corrected chi connectivity index (χ4v) is 7.47. The molecule has 0 saturated carbocycles. The van der Waals surface area contributed by atoms with Gasteiger partial charge in [0.05, 0.1) is 35.2 Å². The van der Waals surface area contributed by atoms with Gasteiger partial charge in [0.2, 0.25) is 17.8 Å². The number of hydrogen-bond acceptors (Lipinski definition) is 11. The number of amides is 4. The number of carbonyl (C=O) groups is 4. The van der Waals surface area contributed by atoms with Crippen LogP contribution in [-0.4, -0.2) is 82.3 Å². The highest BCUT2D eigenvalue weighted by atomic mass is 16.2. The largest absolute Gasteiger partial charge is 0.340 e. The number of likely N-dealkylation sites (tertiary alicyclic amines) is 1. The van der Waals surface area contributed by atoms with Gasteiger partial charge in [0.15, 0.2) is 0 Å². The van der Waals surface area contributed by atoms with E-state index < -0.39 is 11.9 Å². The first-order chi connectivity index (χ1) is 26.9. The summed E-state index contributed by atoms with van der Waals surface area (Å²) in [7, 11) is 0.